The van der Waals surface area contributed by atoms with Gasteiger partial charge in [-0.2, -0.15) is 0 Å². The maximum absolute atomic E-state index is 13.8. The molecule has 21 heavy (non-hydrogen) atoms. The fourth-order valence-corrected chi connectivity index (χ4v) is 1.60. The number of aromatic nitrogens is 1. The van der Waals surface area contributed by atoms with Crippen LogP contribution in [0, 0.1) is 5.82 Å². The van der Waals surface area contributed by atoms with E-state index in [0.717, 1.165) is 12.1 Å². The van der Waals surface area contributed by atoms with Crippen molar-refractivity contribution in [2.45, 2.75) is 0 Å². The summed E-state index contributed by atoms with van der Waals surface area (Å²) in [5.41, 5.74) is 0.764. The molecule has 0 aliphatic carbocycles. The standard InChI is InChI=1S/C15H11FN2O3/c16-12-9-10(2-4-14(19)20)1-3-13(12)18-15(21)11-5-7-17-8-6-11/h1-9H,(H,18,21)(H,19,20). The van der Waals surface area contributed by atoms with Crippen LogP contribution >= 0.6 is 0 Å². The second-order valence-corrected chi connectivity index (χ2v) is 4.10. The first-order chi connectivity index (χ1) is 10.1. The van der Waals surface area contributed by atoms with E-state index in [2.05, 4.69) is 10.3 Å². The highest BCUT2D eigenvalue weighted by Gasteiger charge is 2.09. The van der Waals surface area contributed by atoms with Crippen molar-refractivity contribution >= 4 is 23.6 Å². The highest BCUT2D eigenvalue weighted by molar-refractivity contribution is 6.04. The van der Waals surface area contributed by atoms with E-state index in [0.29, 0.717) is 11.1 Å². The fourth-order valence-electron chi connectivity index (χ4n) is 1.60. The van der Waals surface area contributed by atoms with Crippen molar-refractivity contribution in [1.29, 1.82) is 0 Å². The number of rotatable bonds is 4. The second kappa shape index (κ2) is 6.42. The largest absolute Gasteiger partial charge is 0.478 e. The van der Waals surface area contributed by atoms with Crippen LogP contribution in [0.5, 0.6) is 0 Å². The van der Waals surface area contributed by atoms with E-state index < -0.39 is 17.7 Å². The van der Waals surface area contributed by atoms with Crippen LogP contribution in [-0.2, 0) is 4.79 Å². The number of carbonyl (C=O) groups excluding carboxylic acids is 1. The number of halogens is 1. The molecule has 0 aliphatic heterocycles. The summed E-state index contributed by atoms with van der Waals surface area (Å²) in [4.78, 5) is 26.0. The summed E-state index contributed by atoms with van der Waals surface area (Å²) in [7, 11) is 0. The average Bonchev–Trinajstić information content (AvgIpc) is 2.48. The first-order valence-electron chi connectivity index (χ1n) is 5.98. The Morgan fingerprint density at radius 1 is 1.19 bits per heavy atom. The molecule has 0 saturated heterocycles. The van der Waals surface area contributed by atoms with Gasteiger partial charge in [-0.1, -0.05) is 6.07 Å². The van der Waals surface area contributed by atoms with Crippen LogP contribution in [-0.4, -0.2) is 22.0 Å². The molecular weight excluding hydrogens is 275 g/mol. The molecule has 2 rings (SSSR count). The van der Waals surface area contributed by atoms with E-state index in [9.17, 15) is 14.0 Å². The lowest BCUT2D eigenvalue weighted by atomic mass is 10.1. The van der Waals surface area contributed by atoms with Gasteiger partial charge in [-0.3, -0.25) is 9.78 Å². The van der Waals surface area contributed by atoms with Crippen molar-refractivity contribution in [3.05, 3.63) is 65.7 Å². The number of hydrogen-bond donors (Lipinski definition) is 2. The Hall–Kier alpha value is -3.02. The van der Waals surface area contributed by atoms with Crippen molar-refractivity contribution in [3.8, 4) is 0 Å². The number of carboxylic acid groups (broad SMARTS) is 1. The molecule has 0 saturated carbocycles. The van der Waals surface area contributed by atoms with E-state index in [1.807, 2.05) is 0 Å². The maximum atomic E-state index is 13.8. The summed E-state index contributed by atoms with van der Waals surface area (Å²) in [6.45, 7) is 0. The van der Waals surface area contributed by atoms with Gasteiger partial charge in [-0.05, 0) is 35.9 Å². The number of carbonyl (C=O) groups is 2. The van der Waals surface area contributed by atoms with E-state index in [4.69, 9.17) is 5.11 Å². The maximum Gasteiger partial charge on any atom is 0.328 e. The van der Waals surface area contributed by atoms with Gasteiger partial charge in [-0.25, -0.2) is 9.18 Å². The molecule has 2 N–H and O–H groups in total. The molecule has 1 heterocycles. The van der Waals surface area contributed by atoms with Crippen LogP contribution in [0.25, 0.3) is 6.08 Å². The van der Waals surface area contributed by atoms with Gasteiger partial charge in [0.2, 0.25) is 0 Å². The number of benzene rings is 1. The van der Waals surface area contributed by atoms with Crippen LogP contribution in [0.4, 0.5) is 10.1 Å². The van der Waals surface area contributed by atoms with Crippen LogP contribution < -0.4 is 5.32 Å². The number of nitrogens with zero attached hydrogens (tertiary/aromatic N) is 1. The van der Waals surface area contributed by atoms with Crippen LogP contribution in [0.3, 0.4) is 0 Å². The summed E-state index contributed by atoms with van der Waals surface area (Å²) >= 11 is 0. The predicted octanol–water partition coefficient (Wildman–Crippen LogP) is 2.57. The van der Waals surface area contributed by atoms with Gasteiger partial charge in [-0.15, -0.1) is 0 Å². The number of anilines is 1. The van der Waals surface area contributed by atoms with Crippen molar-refractivity contribution < 1.29 is 19.1 Å². The van der Waals surface area contributed by atoms with Gasteiger partial charge < -0.3 is 10.4 Å². The molecule has 6 heteroatoms. The van der Waals surface area contributed by atoms with Crippen molar-refractivity contribution in [2.75, 3.05) is 5.32 Å². The molecule has 0 fully saturated rings. The summed E-state index contributed by atoms with van der Waals surface area (Å²) in [6, 6.07) is 7.04. The minimum absolute atomic E-state index is 0.0179. The number of nitrogens with one attached hydrogen (secondary N) is 1. The highest BCUT2D eigenvalue weighted by atomic mass is 19.1. The fraction of sp³-hybridized carbons (Fsp3) is 0. The molecule has 0 unspecified atom stereocenters. The number of amides is 1. The molecule has 5 nitrogen and oxygen atoms in total. The zero-order chi connectivity index (χ0) is 15.2. The summed E-state index contributed by atoms with van der Waals surface area (Å²) in [5.74, 6) is -2.22. The molecule has 1 amide bonds. The van der Waals surface area contributed by atoms with E-state index in [1.165, 1.54) is 42.7 Å². The summed E-state index contributed by atoms with van der Waals surface area (Å²) in [6.07, 6.45) is 5.10. The SMILES string of the molecule is O=C(O)C=Cc1ccc(NC(=O)c2ccncc2)c(F)c1. The van der Waals surface area contributed by atoms with Crippen LogP contribution in [0.15, 0.2) is 48.8 Å². The Labute approximate surface area is 119 Å². The molecule has 0 atom stereocenters. The molecule has 106 valence electrons. The lowest BCUT2D eigenvalue weighted by molar-refractivity contribution is -0.131. The molecule has 0 bridgehead atoms. The summed E-state index contributed by atoms with van der Waals surface area (Å²) in [5, 5.41) is 10.9. The topological polar surface area (TPSA) is 79.3 Å². The van der Waals surface area contributed by atoms with Crippen LogP contribution in [0.2, 0.25) is 0 Å². The normalized spacial score (nSPS) is 10.5. The Morgan fingerprint density at radius 2 is 1.90 bits per heavy atom. The Kier molecular flexibility index (Phi) is 4.40. The third-order valence-electron chi connectivity index (χ3n) is 2.60. The minimum atomic E-state index is -1.12. The Balaban J connectivity index is 2.15. The number of aliphatic carboxylic acids is 1. The van der Waals surface area contributed by atoms with Gasteiger partial charge in [0.1, 0.15) is 5.82 Å². The third-order valence-corrected chi connectivity index (χ3v) is 2.60. The number of hydrogen-bond acceptors (Lipinski definition) is 3. The Morgan fingerprint density at radius 3 is 2.52 bits per heavy atom. The molecule has 1 aromatic heterocycles. The van der Waals surface area contributed by atoms with Crippen molar-refractivity contribution in [1.82, 2.24) is 4.98 Å². The monoisotopic (exact) mass is 286 g/mol. The average molecular weight is 286 g/mol. The number of pyridine rings is 1. The first kappa shape index (κ1) is 14.4. The zero-order valence-electron chi connectivity index (χ0n) is 10.8. The molecule has 0 radical (unpaired) electrons. The van der Waals surface area contributed by atoms with E-state index >= 15 is 0 Å². The molecule has 1 aromatic carbocycles. The van der Waals surface area contributed by atoms with Crippen molar-refractivity contribution in [3.63, 3.8) is 0 Å². The number of carboxylic acids is 1. The highest BCUT2D eigenvalue weighted by Crippen LogP contribution is 2.17. The van der Waals surface area contributed by atoms with Crippen LogP contribution in [0.1, 0.15) is 15.9 Å². The quantitative estimate of drug-likeness (QED) is 0.847. The van der Waals surface area contributed by atoms with Gasteiger partial charge in [0.05, 0.1) is 5.69 Å². The smallest absolute Gasteiger partial charge is 0.328 e. The molecule has 0 spiro atoms. The lowest BCUT2D eigenvalue weighted by Crippen LogP contribution is -2.12. The van der Waals surface area contributed by atoms with Gasteiger partial charge >= 0.3 is 5.97 Å². The van der Waals surface area contributed by atoms with Gasteiger partial charge in [0.15, 0.2) is 0 Å². The summed E-state index contributed by atoms with van der Waals surface area (Å²) < 4.78 is 13.8. The predicted molar refractivity (Wildman–Crippen MR) is 75.3 cm³/mol. The Bertz CT molecular complexity index is 699. The van der Waals surface area contributed by atoms with E-state index in [1.54, 1.807) is 0 Å². The molecule has 0 aliphatic rings. The third kappa shape index (κ3) is 3.97. The lowest BCUT2D eigenvalue weighted by Gasteiger charge is -2.07. The van der Waals surface area contributed by atoms with Crippen molar-refractivity contribution in [2.24, 2.45) is 0 Å². The van der Waals surface area contributed by atoms with Gasteiger partial charge in [0, 0.05) is 24.0 Å². The first-order valence-corrected chi connectivity index (χ1v) is 5.98. The van der Waals surface area contributed by atoms with E-state index in [-0.39, 0.29) is 5.69 Å². The van der Waals surface area contributed by atoms with Gasteiger partial charge in [0.25, 0.3) is 5.91 Å². The zero-order valence-corrected chi connectivity index (χ0v) is 10.8. The molecular formula is C15H11FN2O3. The minimum Gasteiger partial charge on any atom is -0.478 e. The molecule has 2 aromatic rings. The second-order valence-electron chi connectivity index (χ2n) is 4.10.